The molecule has 2 aromatic heterocycles. The number of allylic oxidation sites excluding steroid dienone is 1. The Balaban J connectivity index is 1.52. The minimum absolute atomic E-state index is 0.0216. The maximum Gasteiger partial charge on any atom is 0.253 e. The van der Waals surface area contributed by atoms with Gasteiger partial charge in [0, 0.05) is 55.0 Å². The molecule has 2 amide bonds. The summed E-state index contributed by atoms with van der Waals surface area (Å²) in [6.07, 6.45) is 5.40. The molecule has 0 unspecified atom stereocenters. The Hall–Kier alpha value is -3.81. The lowest BCUT2D eigenvalue weighted by molar-refractivity contribution is -0.117. The molecule has 0 atom stereocenters. The summed E-state index contributed by atoms with van der Waals surface area (Å²) in [6.45, 7) is 3.91. The number of hydrogen-bond donors (Lipinski definition) is 2. The molecule has 174 valence electrons. The summed E-state index contributed by atoms with van der Waals surface area (Å²) >= 11 is 0. The number of anilines is 1. The van der Waals surface area contributed by atoms with Crippen LogP contribution in [0.3, 0.4) is 0 Å². The zero-order valence-electron chi connectivity index (χ0n) is 19.6. The van der Waals surface area contributed by atoms with Crippen molar-refractivity contribution < 1.29 is 14.0 Å². The molecule has 5 rings (SSSR count). The van der Waals surface area contributed by atoms with E-state index < -0.39 is 0 Å². The third-order valence-electron chi connectivity index (χ3n) is 6.76. The van der Waals surface area contributed by atoms with Crippen molar-refractivity contribution in [3.63, 3.8) is 0 Å². The molecule has 2 aliphatic carbocycles. The molecule has 1 aromatic carbocycles. The largest absolute Gasteiger partial charge is 0.355 e. The molecule has 0 aliphatic heterocycles. The standard InChI is InChI=1S/C26H26FN5O2/c1-13-14(2)32(4)24(30-13)16-7-8-18(22(27)11-16)17-9-19-20(10-17)23(31-25(33)15-5-6-15)29-12-21(19)26(34)28-3/h7-9,11-12,15H,5-6,10H2,1-4H3,(H,28,34)(H,29,31,33). The van der Waals surface area contributed by atoms with Crippen LogP contribution >= 0.6 is 0 Å². The van der Waals surface area contributed by atoms with E-state index in [1.165, 1.54) is 12.3 Å². The molecule has 0 radical (unpaired) electrons. The summed E-state index contributed by atoms with van der Waals surface area (Å²) < 4.78 is 17.3. The summed E-state index contributed by atoms with van der Waals surface area (Å²) in [5.74, 6) is 0.452. The van der Waals surface area contributed by atoms with Gasteiger partial charge in [-0.3, -0.25) is 9.59 Å². The normalized spacial score (nSPS) is 14.6. The minimum atomic E-state index is -0.368. The zero-order valence-corrected chi connectivity index (χ0v) is 19.6. The molecule has 1 fully saturated rings. The van der Waals surface area contributed by atoms with E-state index in [-0.39, 0.29) is 23.5 Å². The van der Waals surface area contributed by atoms with E-state index in [0.717, 1.165) is 35.4 Å². The molecule has 8 heteroatoms. The lowest BCUT2D eigenvalue weighted by Gasteiger charge is -2.12. The van der Waals surface area contributed by atoms with Crippen molar-refractivity contribution in [1.29, 1.82) is 0 Å². The van der Waals surface area contributed by atoms with Gasteiger partial charge in [0.25, 0.3) is 5.91 Å². The van der Waals surface area contributed by atoms with E-state index in [1.807, 2.05) is 37.6 Å². The Morgan fingerprint density at radius 2 is 1.97 bits per heavy atom. The fourth-order valence-electron chi connectivity index (χ4n) is 4.38. The monoisotopic (exact) mass is 459 g/mol. The SMILES string of the molecule is CNC(=O)c1cnc(NC(=O)C2CC2)c2c1C=C(c1ccc(-c3nc(C)c(C)n3C)cc1F)C2. The van der Waals surface area contributed by atoms with E-state index >= 15 is 4.39 Å². The number of aryl methyl sites for hydroxylation is 1. The molecule has 7 nitrogen and oxygen atoms in total. The number of pyridine rings is 1. The fourth-order valence-corrected chi connectivity index (χ4v) is 4.38. The molecule has 2 heterocycles. The number of carbonyl (C=O) groups is 2. The number of imidazole rings is 1. The summed E-state index contributed by atoms with van der Waals surface area (Å²) in [5.41, 5.74) is 5.60. The van der Waals surface area contributed by atoms with Crippen LogP contribution in [0.1, 0.15) is 51.3 Å². The third kappa shape index (κ3) is 3.69. The first kappa shape index (κ1) is 22.0. The molecular weight excluding hydrogens is 433 g/mol. The lowest BCUT2D eigenvalue weighted by Crippen LogP contribution is -2.21. The van der Waals surface area contributed by atoms with Crippen molar-refractivity contribution in [2.75, 3.05) is 12.4 Å². The fraction of sp³-hybridized carbons (Fsp3) is 0.308. The lowest BCUT2D eigenvalue weighted by atomic mass is 10.0. The number of carbonyl (C=O) groups excluding carboxylic acids is 2. The summed E-state index contributed by atoms with van der Waals surface area (Å²) in [6, 6.07) is 5.10. The number of aromatic nitrogens is 3. The second-order valence-electron chi connectivity index (χ2n) is 8.96. The van der Waals surface area contributed by atoms with Crippen LogP contribution in [0.4, 0.5) is 10.2 Å². The highest BCUT2D eigenvalue weighted by Gasteiger charge is 2.32. The van der Waals surface area contributed by atoms with Gasteiger partial charge in [0.1, 0.15) is 17.5 Å². The van der Waals surface area contributed by atoms with Gasteiger partial charge in [-0.15, -0.1) is 0 Å². The molecule has 1 saturated carbocycles. The highest BCUT2D eigenvalue weighted by atomic mass is 19.1. The van der Waals surface area contributed by atoms with Crippen molar-refractivity contribution >= 4 is 29.3 Å². The van der Waals surface area contributed by atoms with Gasteiger partial charge in [0.15, 0.2) is 0 Å². The average molecular weight is 460 g/mol. The van der Waals surface area contributed by atoms with Gasteiger partial charge in [0.05, 0.1) is 11.3 Å². The minimum Gasteiger partial charge on any atom is -0.355 e. The van der Waals surface area contributed by atoms with Crippen LogP contribution in [0.25, 0.3) is 23.0 Å². The van der Waals surface area contributed by atoms with Crippen LogP contribution in [-0.4, -0.2) is 33.4 Å². The topological polar surface area (TPSA) is 88.9 Å². The van der Waals surface area contributed by atoms with Crippen LogP contribution in [0.5, 0.6) is 0 Å². The number of amides is 2. The highest BCUT2D eigenvalue weighted by Crippen LogP contribution is 2.39. The average Bonchev–Trinajstić information content (AvgIpc) is 3.54. The molecule has 3 aromatic rings. The number of hydrogen-bond acceptors (Lipinski definition) is 4. The van der Waals surface area contributed by atoms with Gasteiger partial charge < -0.3 is 15.2 Å². The van der Waals surface area contributed by atoms with E-state index in [1.54, 1.807) is 13.1 Å². The number of fused-ring (bicyclic) bond motifs is 1. The number of halogens is 1. The second-order valence-corrected chi connectivity index (χ2v) is 8.96. The second kappa shape index (κ2) is 8.20. The molecule has 2 N–H and O–H groups in total. The third-order valence-corrected chi connectivity index (χ3v) is 6.76. The van der Waals surface area contributed by atoms with Gasteiger partial charge >= 0.3 is 0 Å². The summed E-state index contributed by atoms with van der Waals surface area (Å²) in [7, 11) is 3.47. The van der Waals surface area contributed by atoms with E-state index in [9.17, 15) is 9.59 Å². The molecule has 34 heavy (non-hydrogen) atoms. The Labute approximate surface area is 197 Å². The smallest absolute Gasteiger partial charge is 0.253 e. The van der Waals surface area contributed by atoms with Crippen LogP contribution in [0, 0.1) is 25.6 Å². The Morgan fingerprint density at radius 1 is 1.21 bits per heavy atom. The summed E-state index contributed by atoms with van der Waals surface area (Å²) in [4.78, 5) is 33.7. The van der Waals surface area contributed by atoms with E-state index in [2.05, 4.69) is 20.6 Å². The van der Waals surface area contributed by atoms with Crippen molar-refractivity contribution in [3.8, 4) is 11.4 Å². The van der Waals surface area contributed by atoms with Gasteiger partial charge in [-0.05, 0) is 50.0 Å². The van der Waals surface area contributed by atoms with Gasteiger partial charge in [-0.2, -0.15) is 0 Å². The van der Waals surface area contributed by atoms with Crippen LogP contribution in [-0.2, 0) is 18.3 Å². The Kier molecular flexibility index (Phi) is 5.31. The van der Waals surface area contributed by atoms with E-state index in [4.69, 9.17) is 0 Å². The highest BCUT2D eigenvalue weighted by molar-refractivity contribution is 6.04. The Bertz CT molecular complexity index is 1380. The quantitative estimate of drug-likeness (QED) is 0.603. The van der Waals surface area contributed by atoms with Gasteiger partial charge in [-0.25, -0.2) is 14.4 Å². The number of benzene rings is 1. The predicted molar refractivity (Wildman–Crippen MR) is 129 cm³/mol. The van der Waals surface area contributed by atoms with Gasteiger partial charge in [0.2, 0.25) is 5.91 Å². The molecule has 0 spiro atoms. The molecule has 0 bridgehead atoms. The number of rotatable bonds is 5. The maximum absolute atomic E-state index is 15.4. The first-order chi connectivity index (χ1) is 16.3. The molecule has 0 saturated heterocycles. The van der Waals surface area contributed by atoms with Crippen molar-refractivity contribution in [2.24, 2.45) is 13.0 Å². The van der Waals surface area contributed by atoms with E-state index in [0.29, 0.717) is 40.3 Å². The predicted octanol–water partition coefficient (Wildman–Crippen LogP) is 4.04. The Morgan fingerprint density at radius 3 is 2.59 bits per heavy atom. The number of nitrogens with one attached hydrogen (secondary N) is 2. The first-order valence-electron chi connectivity index (χ1n) is 11.3. The van der Waals surface area contributed by atoms with Crippen LogP contribution < -0.4 is 10.6 Å². The maximum atomic E-state index is 15.4. The first-order valence-corrected chi connectivity index (χ1v) is 11.3. The van der Waals surface area contributed by atoms with Gasteiger partial charge in [-0.1, -0.05) is 12.1 Å². The van der Waals surface area contributed by atoms with Crippen LogP contribution in [0.2, 0.25) is 0 Å². The number of nitrogens with zero attached hydrogens (tertiary/aromatic N) is 3. The van der Waals surface area contributed by atoms with Crippen molar-refractivity contribution in [1.82, 2.24) is 19.9 Å². The molecular formula is C26H26FN5O2. The molecule has 2 aliphatic rings. The van der Waals surface area contributed by atoms with Crippen molar-refractivity contribution in [2.45, 2.75) is 33.1 Å². The van der Waals surface area contributed by atoms with Crippen molar-refractivity contribution in [3.05, 3.63) is 63.9 Å². The zero-order chi connectivity index (χ0) is 24.1. The summed E-state index contributed by atoms with van der Waals surface area (Å²) in [5, 5.41) is 5.52. The van der Waals surface area contributed by atoms with Crippen LogP contribution in [0.15, 0.2) is 24.4 Å².